The predicted molar refractivity (Wildman–Crippen MR) is 44.5 cm³/mol. The molecular weight excluding hydrogens is 269 g/mol. The van der Waals surface area contributed by atoms with Crippen molar-refractivity contribution in [1.29, 1.82) is 0 Å². The fourth-order valence-electron chi connectivity index (χ4n) is 1.12. The van der Waals surface area contributed by atoms with E-state index in [0.717, 1.165) is 0 Å². The Kier molecular flexibility index (Phi) is 3.58. The van der Waals surface area contributed by atoms with Gasteiger partial charge in [0.15, 0.2) is 0 Å². The molecule has 0 aliphatic rings. The summed E-state index contributed by atoms with van der Waals surface area (Å²) in [7, 11) is 0. The van der Waals surface area contributed by atoms with E-state index < -0.39 is 41.5 Å². The first-order valence-corrected chi connectivity index (χ1v) is 4.12. The van der Waals surface area contributed by atoms with Crippen LogP contribution < -0.4 is 4.74 Å². The van der Waals surface area contributed by atoms with Crippen molar-refractivity contribution in [3.63, 3.8) is 0 Å². The Hall–Kier alpha value is -2.13. The Morgan fingerprint density at radius 1 is 1.39 bits per heavy atom. The van der Waals surface area contributed by atoms with Crippen LogP contribution in [-0.4, -0.2) is 27.5 Å². The molecule has 0 bridgehead atoms. The minimum Gasteiger partial charge on any atom is -0.505 e. The van der Waals surface area contributed by atoms with E-state index in [4.69, 9.17) is 10.2 Å². The molecule has 5 nitrogen and oxygen atoms in total. The Labute approximate surface area is 95.4 Å². The average Bonchev–Trinajstić information content (AvgIpc) is 2.17. The highest BCUT2D eigenvalue weighted by Gasteiger charge is 2.36. The maximum Gasteiger partial charge on any atom is 0.574 e. The quantitative estimate of drug-likeness (QED) is 0.826. The van der Waals surface area contributed by atoms with Crippen LogP contribution in [0.3, 0.4) is 0 Å². The predicted octanol–water partition coefficient (Wildman–Crippen LogP) is 2.32. The van der Waals surface area contributed by atoms with Gasteiger partial charge in [-0.3, -0.25) is 0 Å². The number of rotatable bonds is 3. The van der Waals surface area contributed by atoms with E-state index in [-0.39, 0.29) is 6.20 Å². The molecule has 18 heavy (non-hydrogen) atoms. The number of carbonyl (C=O) groups is 1. The van der Waals surface area contributed by atoms with Gasteiger partial charge < -0.3 is 14.9 Å². The Morgan fingerprint density at radius 3 is 2.33 bits per heavy atom. The number of halogens is 5. The molecule has 0 spiro atoms. The van der Waals surface area contributed by atoms with E-state index in [2.05, 4.69) is 9.72 Å². The number of pyridine rings is 1. The maximum absolute atomic E-state index is 12.5. The van der Waals surface area contributed by atoms with Gasteiger partial charge in [0.1, 0.15) is 11.3 Å². The second kappa shape index (κ2) is 4.63. The van der Waals surface area contributed by atoms with Crippen LogP contribution in [0, 0.1) is 0 Å². The van der Waals surface area contributed by atoms with Gasteiger partial charge in [0, 0.05) is 0 Å². The number of hydrogen-bond donors (Lipinski definition) is 2. The highest BCUT2D eigenvalue weighted by molar-refractivity contribution is 5.93. The second-order valence-corrected chi connectivity index (χ2v) is 2.89. The first-order valence-electron chi connectivity index (χ1n) is 4.12. The Balaban J connectivity index is 3.44. The van der Waals surface area contributed by atoms with Crippen molar-refractivity contribution < 1.29 is 41.7 Å². The molecular formula is C8H4F5NO4. The van der Waals surface area contributed by atoms with Gasteiger partial charge in [-0.15, -0.1) is 13.2 Å². The third-order valence-corrected chi connectivity index (χ3v) is 1.70. The first kappa shape index (κ1) is 13.9. The van der Waals surface area contributed by atoms with E-state index in [1.165, 1.54) is 0 Å². The summed E-state index contributed by atoms with van der Waals surface area (Å²) in [5, 5.41) is 17.6. The molecule has 0 saturated heterocycles. The average molecular weight is 273 g/mol. The van der Waals surface area contributed by atoms with Crippen LogP contribution >= 0.6 is 0 Å². The monoisotopic (exact) mass is 273 g/mol. The topological polar surface area (TPSA) is 79.7 Å². The number of nitrogens with zero attached hydrogens (tertiary/aromatic N) is 1. The summed E-state index contributed by atoms with van der Waals surface area (Å²) in [6.45, 7) is 0. The zero-order valence-electron chi connectivity index (χ0n) is 8.20. The number of aromatic nitrogens is 1. The van der Waals surface area contributed by atoms with Gasteiger partial charge in [0.2, 0.25) is 5.88 Å². The van der Waals surface area contributed by atoms with Crippen molar-refractivity contribution in [1.82, 2.24) is 4.98 Å². The normalized spacial score (nSPS) is 11.7. The van der Waals surface area contributed by atoms with Gasteiger partial charge in [0.05, 0.1) is 11.8 Å². The third kappa shape index (κ3) is 2.96. The number of aromatic carboxylic acids is 1. The van der Waals surface area contributed by atoms with Gasteiger partial charge in [-0.2, -0.15) is 0 Å². The summed E-state index contributed by atoms with van der Waals surface area (Å²) in [6, 6.07) is 0. The first-order chi connectivity index (χ1) is 8.13. The highest BCUT2D eigenvalue weighted by atomic mass is 19.4. The lowest BCUT2D eigenvalue weighted by atomic mass is 10.1. The Morgan fingerprint density at radius 2 is 1.94 bits per heavy atom. The molecule has 1 aromatic rings. The molecule has 0 amide bonds. The fraction of sp³-hybridized carbons (Fsp3) is 0.250. The molecule has 0 aliphatic heterocycles. The SMILES string of the molecule is O=C(O)c1c(O)cnc(OC(F)(F)F)c1C(F)F. The van der Waals surface area contributed by atoms with Crippen molar-refractivity contribution in [2.75, 3.05) is 0 Å². The van der Waals surface area contributed by atoms with Crippen LogP contribution in [0.5, 0.6) is 11.6 Å². The minimum atomic E-state index is -5.32. The summed E-state index contributed by atoms with van der Waals surface area (Å²) in [5.74, 6) is -4.84. The number of aromatic hydroxyl groups is 1. The molecule has 0 saturated carbocycles. The molecule has 0 unspecified atom stereocenters. The van der Waals surface area contributed by atoms with Crippen LogP contribution in [0.2, 0.25) is 0 Å². The smallest absolute Gasteiger partial charge is 0.505 e. The van der Waals surface area contributed by atoms with Crippen molar-refractivity contribution in [3.8, 4) is 11.6 Å². The molecule has 2 N–H and O–H groups in total. The largest absolute Gasteiger partial charge is 0.574 e. The van der Waals surface area contributed by atoms with Gasteiger partial charge in [-0.05, 0) is 0 Å². The van der Waals surface area contributed by atoms with E-state index >= 15 is 0 Å². The summed E-state index contributed by atoms with van der Waals surface area (Å²) < 4.78 is 64.0. The van der Waals surface area contributed by atoms with Crippen LogP contribution in [-0.2, 0) is 0 Å². The molecule has 0 radical (unpaired) electrons. The number of ether oxygens (including phenoxy) is 1. The molecule has 0 aromatic carbocycles. The Bertz CT molecular complexity index is 473. The van der Waals surface area contributed by atoms with Gasteiger partial charge in [-0.25, -0.2) is 18.6 Å². The molecule has 0 fully saturated rings. The van der Waals surface area contributed by atoms with Crippen LogP contribution in [0.15, 0.2) is 6.20 Å². The zero-order valence-corrected chi connectivity index (χ0v) is 8.20. The second-order valence-electron chi connectivity index (χ2n) is 2.89. The molecule has 0 atom stereocenters. The maximum atomic E-state index is 12.5. The third-order valence-electron chi connectivity index (χ3n) is 1.70. The van der Waals surface area contributed by atoms with Crippen LogP contribution in [0.4, 0.5) is 22.0 Å². The summed E-state index contributed by atoms with van der Waals surface area (Å²) in [5.41, 5.74) is -3.03. The molecule has 1 aromatic heterocycles. The lowest BCUT2D eigenvalue weighted by Crippen LogP contribution is -2.20. The highest BCUT2D eigenvalue weighted by Crippen LogP contribution is 2.37. The number of alkyl halides is 5. The van der Waals surface area contributed by atoms with E-state index in [1.807, 2.05) is 0 Å². The van der Waals surface area contributed by atoms with Crippen LogP contribution in [0.25, 0.3) is 0 Å². The molecule has 0 aliphatic carbocycles. The summed E-state index contributed by atoms with van der Waals surface area (Å²) in [6.07, 6.45) is -8.66. The van der Waals surface area contributed by atoms with E-state index in [9.17, 15) is 26.7 Å². The molecule has 1 rings (SSSR count). The van der Waals surface area contributed by atoms with Crippen molar-refractivity contribution >= 4 is 5.97 Å². The van der Waals surface area contributed by atoms with E-state index in [1.54, 1.807) is 0 Å². The van der Waals surface area contributed by atoms with Crippen LogP contribution in [0.1, 0.15) is 22.3 Å². The van der Waals surface area contributed by atoms with Gasteiger partial charge in [0.25, 0.3) is 6.43 Å². The number of hydrogen-bond acceptors (Lipinski definition) is 4. The number of carboxylic acid groups (broad SMARTS) is 1. The summed E-state index contributed by atoms with van der Waals surface area (Å²) >= 11 is 0. The zero-order chi connectivity index (χ0) is 14.1. The number of carboxylic acids is 1. The molecule has 1 heterocycles. The lowest BCUT2D eigenvalue weighted by molar-refractivity contribution is -0.276. The van der Waals surface area contributed by atoms with Crippen molar-refractivity contribution in [3.05, 3.63) is 17.3 Å². The summed E-state index contributed by atoms with van der Waals surface area (Å²) in [4.78, 5) is 13.4. The minimum absolute atomic E-state index is 0.274. The molecule has 10 heteroatoms. The standard InChI is InChI=1S/C8H4F5NO4/c9-5(10)4-3(7(16)17)2(15)1-14-6(4)18-8(11,12)13/h1,5,15H,(H,16,17). The molecule has 100 valence electrons. The van der Waals surface area contributed by atoms with Crippen molar-refractivity contribution in [2.45, 2.75) is 12.8 Å². The van der Waals surface area contributed by atoms with E-state index in [0.29, 0.717) is 0 Å². The van der Waals surface area contributed by atoms with Gasteiger partial charge in [-0.1, -0.05) is 0 Å². The fourth-order valence-corrected chi connectivity index (χ4v) is 1.12. The lowest BCUT2D eigenvalue weighted by Gasteiger charge is -2.14. The van der Waals surface area contributed by atoms with Crippen molar-refractivity contribution in [2.24, 2.45) is 0 Å². The van der Waals surface area contributed by atoms with Gasteiger partial charge >= 0.3 is 12.3 Å².